The lowest BCUT2D eigenvalue weighted by molar-refractivity contribution is -0.119. The summed E-state index contributed by atoms with van der Waals surface area (Å²) >= 11 is 0. The number of rotatable bonds is 8. The number of aliphatic imine (C=N–C) groups is 1. The maximum atomic E-state index is 12.1. The molecule has 0 fully saturated rings. The van der Waals surface area contributed by atoms with E-state index in [-0.39, 0.29) is 12.5 Å². The highest BCUT2D eigenvalue weighted by Gasteiger charge is 2.08. The molecule has 2 aromatic rings. The monoisotopic (exact) mass is 368 g/mol. The molecule has 27 heavy (non-hydrogen) atoms. The van der Waals surface area contributed by atoms with E-state index in [1.54, 1.807) is 7.11 Å². The summed E-state index contributed by atoms with van der Waals surface area (Å²) in [4.78, 5) is 18.5. The molecule has 0 saturated heterocycles. The third-order valence-electron chi connectivity index (χ3n) is 3.98. The van der Waals surface area contributed by atoms with Gasteiger partial charge in [-0.3, -0.25) is 4.79 Å². The Labute approximate surface area is 161 Å². The van der Waals surface area contributed by atoms with Crippen LogP contribution in [0, 0.1) is 0 Å². The van der Waals surface area contributed by atoms with Crippen LogP contribution in [0.25, 0.3) is 0 Å². The van der Waals surface area contributed by atoms with Crippen molar-refractivity contribution < 1.29 is 9.53 Å². The standard InChI is InChI=1S/C21H28N4O2/c1-4-22-21(25(2)16-18-10-12-19(27-3)13-11-18)24-15-20(26)23-14-17-8-6-5-7-9-17/h5-13H,4,14-16H2,1-3H3,(H,22,24)(H,23,26). The Morgan fingerprint density at radius 1 is 1.04 bits per heavy atom. The molecule has 0 radical (unpaired) electrons. The van der Waals surface area contributed by atoms with Gasteiger partial charge in [0.15, 0.2) is 5.96 Å². The fourth-order valence-corrected chi connectivity index (χ4v) is 2.55. The van der Waals surface area contributed by atoms with E-state index in [0.717, 1.165) is 23.4 Å². The first-order valence-corrected chi connectivity index (χ1v) is 9.05. The molecular weight excluding hydrogens is 340 g/mol. The van der Waals surface area contributed by atoms with E-state index < -0.39 is 0 Å². The minimum Gasteiger partial charge on any atom is -0.497 e. The van der Waals surface area contributed by atoms with Crippen LogP contribution in [0.3, 0.4) is 0 Å². The summed E-state index contributed by atoms with van der Waals surface area (Å²) in [7, 11) is 3.60. The lowest BCUT2D eigenvalue weighted by atomic mass is 10.2. The van der Waals surface area contributed by atoms with Crippen LogP contribution < -0.4 is 15.4 Å². The van der Waals surface area contributed by atoms with Crippen molar-refractivity contribution in [1.82, 2.24) is 15.5 Å². The molecule has 2 aromatic carbocycles. The van der Waals surface area contributed by atoms with Gasteiger partial charge in [0.1, 0.15) is 12.3 Å². The Bertz CT molecular complexity index is 730. The van der Waals surface area contributed by atoms with Crippen molar-refractivity contribution in [2.45, 2.75) is 20.0 Å². The van der Waals surface area contributed by atoms with Gasteiger partial charge in [-0.15, -0.1) is 0 Å². The van der Waals surface area contributed by atoms with Crippen molar-refractivity contribution in [2.75, 3.05) is 27.2 Å². The van der Waals surface area contributed by atoms with Gasteiger partial charge in [0.05, 0.1) is 7.11 Å². The number of benzene rings is 2. The zero-order chi connectivity index (χ0) is 19.5. The minimum absolute atomic E-state index is 0.0854. The minimum atomic E-state index is -0.105. The van der Waals surface area contributed by atoms with E-state index in [1.165, 1.54) is 0 Å². The number of nitrogens with one attached hydrogen (secondary N) is 2. The zero-order valence-electron chi connectivity index (χ0n) is 16.2. The normalized spacial score (nSPS) is 11.0. The average Bonchev–Trinajstić information content (AvgIpc) is 2.70. The predicted octanol–water partition coefficient (Wildman–Crippen LogP) is 2.41. The van der Waals surface area contributed by atoms with Crippen molar-refractivity contribution in [3.63, 3.8) is 0 Å². The molecule has 0 bridgehead atoms. The van der Waals surface area contributed by atoms with Crippen molar-refractivity contribution in [1.29, 1.82) is 0 Å². The summed E-state index contributed by atoms with van der Waals surface area (Å²) < 4.78 is 5.19. The van der Waals surface area contributed by atoms with E-state index in [1.807, 2.05) is 73.5 Å². The fraction of sp³-hybridized carbons (Fsp3) is 0.333. The largest absolute Gasteiger partial charge is 0.497 e. The summed E-state index contributed by atoms with van der Waals surface area (Å²) in [6.07, 6.45) is 0. The summed E-state index contributed by atoms with van der Waals surface area (Å²) in [5.74, 6) is 1.42. The number of hydrogen-bond donors (Lipinski definition) is 2. The van der Waals surface area contributed by atoms with Crippen LogP contribution >= 0.6 is 0 Å². The molecule has 0 aliphatic rings. The third-order valence-corrected chi connectivity index (χ3v) is 3.98. The fourth-order valence-electron chi connectivity index (χ4n) is 2.55. The molecule has 0 spiro atoms. The number of carbonyl (C=O) groups is 1. The second-order valence-electron chi connectivity index (χ2n) is 6.14. The van der Waals surface area contributed by atoms with Crippen molar-refractivity contribution in [3.05, 3.63) is 65.7 Å². The highest BCUT2D eigenvalue weighted by molar-refractivity contribution is 5.84. The number of methoxy groups -OCH3 is 1. The van der Waals surface area contributed by atoms with Gasteiger partial charge in [0.2, 0.25) is 5.91 Å². The van der Waals surface area contributed by atoms with Gasteiger partial charge in [-0.2, -0.15) is 0 Å². The van der Waals surface area contributed by atoms with Crippen LogP contribution in [0.4, 0.5) is 0 Å². The predicted molar refractivity (Wildman–Crippen MR) is 109 cm³/mol. The Balaban J connectivity index is 1.90. The van der Waals surface area contributed by atoms with E-state index in [9.17, 15) is 4.79 Å². The van der Waals surface area contributed by atoms with Crippen molar-refractivity contribution in [2.24, 2.45) is 4.99 Å². The molecule has 6 nitrogen and oxygen atoms in total. The molecule has 0 saturated carbocycles. The van der Waals surface area contributed by atoms with Gasteiger partial charge in [-0.05, 0) is 30.2 Å². The van der Waals surface area contributed by atoms with Gasteiger partial charge in [0.25, 0.3) is 0 Å². The second kappa shape index (κ2) is 10.9. The topological polar surface area (TPSA) is 66.0 Å². The maximum absolute atomic E-state index is 12.1. The maximum Gasteiger partial charge on any atom is 0.242 e. The van der Waals surface area contributed by atoms with Crippen LogP contribution in [0.1, 0.15) is 18.1 Å². The summed E-state index contributed by atoms with van der Waals surface area (Å²) in [5, 5.41) is 6.12. The summed E-state index contributed by atoms with van der Waals surface area (Å²) in [6.45, 7) is 4.01. The lowest BCUT2D eigenvalue weighted by Gasteiger charge is -2.22. The first kappa shape index (κ1) is 20.3. The zero-order valence-corrected chi connectivity index (χ0v) is 16.2. The van der Waals surface area contributed by atoms with Gasteiger partial charge >= 0.3 is 0 Å². The first-order valence-electron chi connectivity index (χ1n) is 9.05. The molecule has 0 atom stereocenters. The van der Waals surface area contributed by atoms with Gasteiger partial charge in [0, 0.05) is 26.7 Å². The molecule has 2 N–H and O–H groups in total. The molecule has 6 heteroatoms. The second-order valence-corrected chi connectivity index (χ2v) is 6.14. The third kappa shape index (κ3) is 7.01. The van der Waals surface area contributed by atoms with Crippen LogP contribution in [0.15, 0.2) is 59.6 Å². The molecule has 0 heterocycles. The van der Waals surface area contributed by atoms with Crippen LogP contribution in [0.5, 0.6) is 5.75 Å². The Kier molecular flexibility index (Phi) is 8.16. The smallest absolute Gasteiger partial charge is 0.242 e. The molecular formula is C21H28N4O2. The van der Waals surface area contributed by atoms with Gasteiger partial charge < -0.3 is 20.3 Å². The number of guanidine groups is 1. The Hall–Kier alpha value is -3.02. The van der Waals surface area contributed by atoms with Gasteiger partial charge in [-0.1, -0.05) is 42.5 Å². The quantitative estimate of drug-likeness (QED) is 0.555. The van der Waals surface area contributed by atoms with E-state index in [4.69, 9.17) is 4.74 Å². The highest BCUT2D eigenvalue weighted by Crippen LogP contribution is 2.12. The summed E-state index contributed by atoms with van der Waals surface area (Å²) in [5.41, 5.74) is 2.20. The van der Waals surface area contributed by atoms with Crippen molar-refractivity contribution >= 4 is 11.9 Å². The number of hydrogen-bond acceptors (Lipinski definition) is 3. The highest BCUT2D eigenvalue weighted by atomic mass is 16.5. The number of nitrogens with zero attached hydrogens (tertiary/aromatic N) is 2. The van der Waals surface area contributed by atoms with E-state index >= 15 is 0 Å². The first-order chi connectivity index (χ1) is 13.1. The number of amides is 1. The molecule has 1 amide bonds. The van der Waals surface area contributed by atoms with E-state index in [2.05, 4.69) is 15.6 Å². The molecule has 0 aliphatic heterocycles. The SMILES string of the molecule is CCNC(=NCC(=O)NCc1ccccc1)N(C)Cc1ccc(OC)cc1. The van der Waals surface area contributed by atoms with Gasteiger partial charge in [-0.25, -0.2) is 4.99 Å². The molecule has 2 rings (SSSR count). The molecule has 0 unspecified atom stereocenters. The van der Waals surface area contributed by atoms with Crippen molar-refractivity contribution in [3.8, 4) is 5.75 Å². The summed E-state index contributed by atoms with van der Waals surface area (Å²) in [6, 6.07) is 17.7. The molecule has 144 valence electrons. The number of ether oxygens (including phenoxy) is 1. The average molecular weight is 368 g/mol. The Morgan fingerprint density at radius 2 is 1.74 bits per heavy atom. The van der Waals surface area contributed by atoms with Crippen LogP contribution in [0.2, 0.25) is 0 Å². The molecule has 0 aromatic heterocycles. The lowest BCUT2D eigenvalue weighted by Crippen LogP contribution is -2.39. The number of carbonyl (C=O) groups excluding carboxylic acids is 1. The van der Waals surface area contributed by atoms with E-state index in [0.29, 0.717) is 19.0 Å². The molecule has 0 aliphatic carbocycles. The Morgan fingerprint density at radius 3 is 2.37 bits per heavy atom. The van der Waals surface area contributed by atoms with Crippen LogP contribution in [-0.2, 0) is 17.9 Å². The van der Waals surface area contributed by atoms with Crippen LogP contribution in [-0.4, -0.2) is 44.0 Å².